The number of anilines is 1. The third kappa shape index (κ3) is 6.20. The lowest BCUT2D eigenvalue weighted by atomic mass is 9.94. The quantitative estimate of drug-likeness (QED) is 0.676. The molecule has 0 radical (unpaired) electrons. The van der Waals surface area contributed by atoms with Crippen LogP contribution in [-0.4, -0.2) is 36.5 Å². The molecule has 0 saturated carbocycles. The van der Waals surface area contributed by atoms with E-state index < -0.39 is 5.60 Å². The largest absolute Gasteiger partial charge is 0.388 e. The molecule has 2 rings (SSSR count). The standard InChI is InChI=1S/C18H28N2O3/c1-2-3-4-5-15-6-8-16(9-7-15)20-17(21)19-14-18(22)10-12-23-13-11-18/h6-9,22H,2-5,10-14H2,1H3,(H2,19,20,21). The molecule has 0 unspecified atom stereocenters. The monoisotopic (exact) mass is 320 g/mol. The van der Waals surface area contributed by atoms with Crippen molar-refractivity contribution in [2.75, 3.05) is 25.1 Å². The van der Waals surface area contributed by atoms with Crippen molar-refractivity contribution in [2.24, 2.45) is 0 Å². The van der Waals surface area contributed by atoms with Gasteiger partial charge in [0.25, 0.3) is 0 Å². The van der Waals surface area contributed by atoms with Gasteiger partial charge in [0, 0.05) is 38.3 Å². The maximum absolute atomic E-state index is 11.9. The smallest absolute Gasteiger partial charge is 0.319 e. The van der Waals surface area contributed by atoms with Gasteiger partial charge in [-0.05, 0) is 30.5 Å². The van der Waals surface area contributed by atoms with E-state index in [-0.39, 0.29) is 12.6 Å². The number of hydrogen-bond acceptors (Lipinski definition) is 3. The number of ether oxygens (including phenoxy) is 1. The number of carbonyl (C=O) groups excluding carboxylic acids is 1. The van der Waals surface area contributed by atoms with Crippen LogP contribution in [0.5, 0.6) is 0 Å². The first-order valence-electron chi connectivity index (χ1n) is 8.55. The van der Waals surface area contributed by atoms with Crippen LogP contribution in [0, 0.1) is 0 Å². The summed E-state index contributed by atoms with van der Waals surface area (Å²) in [6, 6.07) is 7.66. The van der Waals surface area contributed by atoms with Crippen LogP contribution >= 0.6 is 0 Å². The molecule has 128 valence electrons. The van der Waals surface area contributed by atoms with E-state index in [2.05, 4.69) is 29.7 Å². The lowest BCUT2D eigenvalue weighted by molar-refractivity contribution is -0.0598. The van der Waals surface area contributed by atoms with Gasteiger partial charge in [0.05, 0.1) is 5.60 Å². The van der Waals surface area contributed by atoms with Crippen LogP contribution < -0.4 is 10.6 Å². The Bertz CT molecular complexity index is 482. The topological polar surface area (TPSA) is 70.6 Å². The summed E-state index contributed by atoms with van der Waals surface area (Å²) in [5, 5.41) is 15.8. The Morgan fingerprint density at radius 1 is 1.22 bits per heavy atom. The zero-order valence-electron chi connectivity index (χ0n) is 13.9. The van der Waals surface area contributed by atoms with Gasteiger partial charge in [-0.25, -0.2) is 4.79 Å². The molecule has 1 aromatic rings. The van der Waals surface area contributed by atoms with Crippen LogP contribution in [0.15, 0.2) is 24.3 Å². The molecule has 2 amide bonds. The highest BCUT2D eigenvalue weighted by molar-refractivity contribution is 5.89. The van der Waals surface area contributed by atoms with Crippen molar-refractivity contribution in [3.63, 3.8) is 0 Å². The van der Waals surface area contributed by atoms with E-state index in [1.807, 2.05) is 12.1 Å². The molecule has 1 aromatic carbocycles. The van der Waals surface area contributed by atoms with Crippen molar-refractivity contribution in [3.05, 3.63) is 29.8 Å². The normalized spacial score (nSPS) is 16.8. The van der Waals surface area contributed by atoms with Gasteiger partial charge in [-0.15, -0.1) is 0 Å². The van der Waals surface area contributed by atoms with Crippen molar-refractivity contribution >= 4 is 11.7 Å². The molecule has 1 aliphatic heterocycles. The minimum absolute atomic E-state index is 0.247. The molecular weight excluding hydrogens is 292 g/mol. The summed E-state index contributed by atoms with van der Waals surface area (Å²) in [5.74, 6) is 0. The number of urea groups is 1. The molecule has 5 heteroatoms. The van der Waals surface area contributed by atoms with Gasteiger partial charge in [-0.1, -0.05) is 31.9 Å². The maximum atomic E-state index is 11.9. The van der Waals surface area contributed by atoms with Gasteiger partial charge in [-0.2, -0.15) is 0 Å². The Labute approximate surface area is 138 Å². The van der Waals surface area contributed by atoms with E-state index in [0.717, 1.165) is 12.1 Å². The summed E-state index contributed by atoms with van der Waals surface area (Å²) in [6.45, 7) is 3.53. The molecule has 0 atom stereocenters. The molecule has 0 bridgehead atoms. The molecule has 5 nitrogen and oxygen atoms in total. The Kier molecular flexibility index (Phi) is 6.86. The minimum Gasteiger partial charge on any atom is -0.388 e. The average Bonchev–Trinajstić information content (AvgIpc) is 2.56. The Hall–Kier alpha value is -1.59. The van der Waals surface area contributed by atoms with Crippen LogP contribution in [0.1, 0.15) is 44.6 Å². The molecule has 1 fully saturated rings. The summed E-state index contributed by atoms with van der Waals surface area (Å²) in [6.07, 6.45) is 5.86. The number of carbonyl (C=O) groups is 1. The number of nitrogens with one attached hydrogen (secondary N) is 2. The summed E-state index contributed by atoms with van der Waals surface area (Å²) in [4.78, 5) is 11.9. The second-order valence-electron chi connectivity index (χ2n) is 6.30. The fourth-order valence-corrected chi connectivity index (χ4v) is 2.68. The molecule has 1 aliphatic rings. The van der Waals surface area contributed by atoms with Crippen LogP contribution in [0.2, 0.25) is 0 Å². The van der Waals surface area contributed by atoms with Crippen LogP contribution in [-0.2, 0) is 11.2 Å². The van der Waals surface area contributed by atoms with Crippen molar-refractivity contribution in [1.82, 2.24) is 5.32 Å². The zero-order chi connectivity index (χ0) is 16.5. The van der Waals surface area contributed by atoms with E-state index in [1.165, 1.54) is 24.8 Å². The maximum Gasteiger partial charge on any atom is 0.319 e. The number of hydrogen-bond donors (Lipinski definition) is 3. The van der Waals surface area contributed by atoms with Gasteiger partial charge >= 0.3 is 6.03 Å². The Morgan fingerprint density at radius 2 is 1.91 bits per heavy atom. The minimum atomic E-state index is -0.848. The van der Waals surface area contributed by atoms with Crippen LogP contribution in [0.25, 0.3) is 0 Å². The highest BCUT2D eigenvalue weighted by Gasteiger charge is 2.30. The van der Waals surface area contributed by atoms with Gasteiger partial charge < -0.3 is 20.5 Å². The fourth-order valence-electron chi connectivity index (χ4n) is 2.68. The number of benzene rings is 1. The van der Waals surface area contributed by atoms with Crippen LogP contribution in [0.3, 0.4) is 0 Å². The predicted molar refractivity (Wildman–Crippen MR) is 91.7 cm³/mol. The van der Waals surface area contributed by atoms with E-state index in [4.69, 9.17) is 4.74 Å². The van der Waals surface area contributed by atoms with Crippen molar-refractivity contribution < 1.29 is 14.6 Å². The third-order valence-electron chi connectivity index (χ3n) is 4.28. The number of aryl methyl sites for hydroxylation is 1. The summed E-state index contributed by atoms with van der Waals surface area (Å²) < 4.78 is 5.23. The van der Waals surface area contributed by atoms with Gasteiger partial charge in [0.2, 0.25) is 0 Å². The molecule has 1 heterocycles. The average molecular weight is 320 g/mol. The molecule has 0 aromatic heterocycles. The number of unbranched alkanes of at least 4 members (excludes halogenated alkanes) is 2. The number of amides is 2. The van der Waals surface area contributed by atoms with E-state index in [0.29, 0.717) is 26.1 Å². The summed E-state index contributed by atoms with van der Waals surface area (Å²) in [5.41, 5.74) is 1.21. The second kappa shape index (κ2) is 8.89. The SMILES string of the molecule is CCCCCc1ccc(NC(=O)NCC2(O)CCOCC2)cc1. The fraction of sp³-hybridized carbons (Fsp3) is 0.611. The molecule has 0 aliphatic carbocycles. The highest BCUT2D eigenvalue weighted by Crippen LogP contribution is 2.19. The van der Waals surface area contributed by atoms with Gasteiger partial charge in [0.1, 0.15) is 0 Å². The summed E-state index contributed by atoms with van der Waals surface area (Å²) in [7, 11) is 0. The van der Waals surface area contributed by atoms with E-state index in [9.17, 15) is 9.90 Å². The van der Waals surface area contributed by atoms with E-state index in [1.54, 1.807) is 0 Å². The summed E-state index contributed by atoms with van der Waals surface area (Å²) >= 11 is 0. The highest BCUT2D eigenvalue weighted by atomic mass is 16.5. The number of aliphatic hydroxyl groups is 1. The first-order valence-corrected chi connectivity index (χ1v) is 8.55. The molecule has 23 heavy (non-hydrogen) atoms. The first-order chi connectivity index (χ1) is 11.1. The molecule has 3 N–H and O–H groups in total. The lowest BCUT2D eigenvalue weighted by Crippen LogP contribution is -2.47. The Balaban J connectivity index is 1.74. The second-order valence-corrected chi connectivity index (χ2v) is 6.30. The number of rotatable bonds is 7. The van der Waals surface area contributed by atoms with Crippen molar-refractivity contribution in [1.29, 1.82) is 0 Å². The van der Waals surface area contributed by atoms with Gasteiger partial charge in [0.15, 0.2) is 0 Å². The predicted octanol–water partition coefficient (Wildman–Crippen LogP) is 3.08. The zero-order valence-corrected chi connectivity index (χ0v) is 13.9. The van der Waals surface area contributed by atoms with Crippen LogP contribution in [0.4, 0.5) is 10.5 Å². The third-order valence-corrected chi connectivity index (χ3v) is 4.28. The molecule has 1 saturated heterocycles. The van der Waals surface area contributed by atoms with E-state index >= 15 is 0 Å². The van der Waals surface area contributed by atoms with Crippen molar-refractivity contribution in [3.8, 4) is 0 Å². The first kappa shape index (κ1) is 17.8. The lowest BCUT2D eigenvalue weighted by Gasteiger charge is -2.32. The van der Waals surface area contributed by atoms with Gasteiger partial charge in [-0.3, -0.25) is 0 Å². The van der Waals surface area contributed by atoms with Crippen molar-refractivity contribution in [2.45, 2.75) is 51.0 Å². The molecule has 0 spiro atoms. The Morgan fingerprint density at radius 3 is 2.57 bits per heavy atom. The molecular formula is C18H28N2O3.